The second-order valence-electron chi connectivity index (χ2n) is 17.0. The van der Waals surface area contributed by atoms with Crippen LogP contribution in [-0.4, -0.2) is 341 Å². The zero-order valence-electron chi connectivity index (χ0n) is 52.5. The number of azide groups is 2. The minimum Gasteiger partial charge on any atom is -0.394 e. The zero-order chi connectivity index (χ0) is 64.8. The Bertz CT molecular complexity index is 1720. The van der Waals surface area contributed by atoms with Crippen LogP contribution in [0.1, 0.15) is 5.56 Å². The highest BCUT2D eigenvalue weighted by molar-refractivity contribution is 7.86. The molecule has 0 aliphatic rings. The van der Waals surface area contributed by atoms with Crippen molar-refractivity contribution in [3.05, 3.63) is 50.7 Å². The van der Waals surface area contributed by atoms with Crippen molar-refractivity contribution in [3.63, 3.8) is 0 Å². The smallest absolute Gasteiger partial charge is 0.297 e. The summed E-state index contributed by atoms with van der Waals surface area (Å²) < 4.78 is 140. The van der Waals surface area contributed by atoms with Crippen LogP contribution in [0.2, 0.25) is 0 Å². The highest BCUT2D eigenvalue weighted by Gasteiger charge is 2.14. The number of aliphatic hydroxyl groups excluding tert-OH is 3. The van der Waals surface area contributed by atoms with Gasteiger partial charge in [-0.25, -0.2) is 0 Å². The molecule has 1 aromatic carbocycles. The Balaban J connectivity index is 0. The van der Waals surface area contributed by atoms with E-state index in [1.807, 2.05) is 6.92 Å². The minimum absolute atomic E-state index is 0.0234. The topological polar surface area (TPSA) is 395 Å². The fourth-order valence-corrected chi connectivity index (χ4v) is 6.63. The number of nitrogens with zero attached hydrogens (tertiary/aromatic N) is 6. The molecule has 3 N–H and O–H groups in total. The summed E-state index contributed by atoms with van der Waals surface area (Å²) in [6.45, 7) is 21.7. The van der Waals surface area contributed by atoms with Crippen molar-refractivity contribution < 1.29 is 127 Å². The number of aryl methyl sites for hydroxylation is 1. The number of ether oxygens (including phenoxy) is 21. The maximum Gasteiger partial charge on any atom is 0.297 e. The Morgan fingerprint density at radius 1 is 0.292 bits per heavy atom. The van der Waals surface area contributed by atoms with Crippen molar-refractivity contribution in [2.75, 3.05) is 317 Å². The molecule has 0 aromatic heterocycles. The Morgan fingerprint density at radius 2 is 0.461 bits per heavy atom. The van der Waals surface area contributed by atoms with Gasteiger partial charge in [-0.2, -0.15) is 8.42 Å². The fraction of sp³-hybridized carbons (Fsp3) is 0.891. The van der Waals surface area contributed by atoms with Crippen LogP contribution in [0, 0.1) is 6.92 Å². The van der Waals surface area contributed by atoms with E-state index in [4.69, 9.17) is 130 Å². The van der Waals surface area contributed by atoms with Gasteiger partial charge in [-0.15, -0.1) is 0 Å². The summed E-state index contributed by atoms with van der Waals surface area (Å²) in [7, 11) is -3.76. The molecule has 33 nitrogen and oxygen atoms in total. The molecule has 0 aliphatic heterocycles. The molecule has 0 atom stereocenters. The minimum atomic E-state index is -3.76. The third-order valence-electron chi connectivity index (χ3n) is 9.98. The van der Waals surface area contributed by atoms with Crippen LogP contribution in [0.15, 0.2) is 39.4 Å². The molecule has 0 unspecified atom stereocenters. The Kier molecular flexibility index (Phi) is 78.0. The van der Waals surface area contributed by atoms with Gasteiger partial charge >= 0.3 is 0 Å². The standard InChI is InChI=1S/C24H49N3O12.C19H31N3O8S.C12H26O7/c25-27-26-1-3-29-5-7-31-9-11-33-13-15-35-17-19-37-21-23-39-24-22-38-20-18-36-16-14-34-12-10-32-8-6-30-4-2-28;1-18-2-4-19(5-3-18)31(23,24)30-17-16-29-15-14-28-13-12-27-11-10-26-9-8-25-7-6-21-22-20;13-1-3-15-5-7-17-9-11-19-12-10-18-8-6-16-4-2-14/h28H,1-24H2;2-5H,6-17H2,1H3;13-14H,1-12H2. The van der Waals surface area contributed by atoms with Gasteiger partial charge in [0.25, 0.3) is 10.1 Å². The van der Waals surface area contributed by atoms with E-state index < -0.39 is 10.1 Å². The van der Waals surface area contributed by atoms with E-state index in [-0.39, 0.29) is 37.9 Å². The highest BCUT2D eigenvalue weighted by atomic mass is 32.2. The predicted octanol–water partition coefficient (Wildman–Crippen LogP) is 1.62. The molecule has 0 amide bonds. The average molecular weight is 1320 g/mol. The van der Waals surface area contributed by atoms with Gasteiger partial charge in [-0.1, -0.05) is 27.9 Å². The SMILES string of the molecule is Cc1ccc(S(=O)(=O)OCCOCCOCCOCCOCCOCCN=[N+]=[N-])cc1.OCCOCCOCCOCCOCCOCCO.[N-]=[N+]=NCCOCCOCCOCCOCCOCCOCCOCCOCCOCCOCCOCCO. The van der Waals surface area contributed by atoms with Crippen molar-refractivity contribution in [3.8, 4) is 0 Å². The van der Waals surface area contributed by atoms with Crippen molar-refractivity contribution in [1.29, 1.82) is 0 Å². The maximum absolute atomic E-state index is 12.0. The molecular formula is C55H106N6O27S. The zero-order valence-corrected chi connectivity index (χ0v) is 53.3. The molecule has 0 spiro atoms. The molecule has 0 heterocycles. The molecule has 0 saturated heterocycles. The van der Waals surface area contributed by atoms with Gasteiger partial charge in [-0.05, 0) is 30.1 Å². The van der Waals surface area contributed by atoms with Crippen LogP contribution in [0.3, 0.4) is 0 Å². The van der Waals surface area contributed by atoms with Crippen molar-refractivity contribution >= 4 is 10.1 Å². The van der Waals surface area contributed by atoms with Gasteiger partial charge in [0, 0.05) is 22.9 Å². The molecule has 0 aliphatic carbocycles. The highest BCUT2D eigenvalue weighted by Crippen LogP contribution is 2.13. The Labute approximate surface area is 525 Å². The van der Waals surface area contributed by atoms with Crippen LogP contribution in [-0.2, 0) is 114 Å². The van der Waals surface area contributed by atoms with Crippen LogP contribution in [0.25, 0.3) is 20.9 Å². The van der Waals surface area contributed by atoms with E-state index >= 15 is 0 Å². The lowest BCUT2D eigenvalue weighted by Crippen LogP contribution is -2.15. The van der Waals surface area contributed by atoms with Crippen LogP contribution in [0.4, 0.5) is 0 Å². The lowest BCUT2D eigenvalue weighted by Gasteiger charge is -2.09. The second kappa shape index (κ2) is 79.0. The van der Waals surface area contributed by atoms with Gasteiger partial charge in [-0.3, -0.25) is 4.18 Å². The van der Waals surface area contributed by atoms with Crippen molar-refractivity contribution in [2.24, 2.45) is 10.2 Å². The van der Waals surface area contributed by atoms with Crippen LogP contribution in [0.5, 0.6) is 0 Å². The summed E-state index contributed by atoms with van der Waals surface area (Å²) in [4.78, 5) is 5.39. The average Bonchev–Trinajstić information content (AvgIpc) is 3.74. The number of hydrogen-bond acceptors (Lipinski definition) is 29. The third-order valence-corrected chi connectivity index (χ3v) is 11.3. The van der Waals surface area contributed by atoms with E-state index in [0.717, 1.165) is 5.56 Å². The van der Waals surface area contributed by atoms with Gasteiger partial charge in [0.05, 0.1) is 309 Å². The normalized spacial score (nSPS) is 11.2. The third kappa shape index (κ3) is 77.2. The number of aliphatic hydroxyl groups is 3. The Hall–Kier alpha value is -3.21. The second-order valence-corrected chi connectivity index (χ2v) is 18.6. The largest absolute Gasteiger partial charge is 0.394 e. The number of benzene rings is 1. The summed E-state index contributed by atoms with van der Waals surface area (Å²) in [5.41, 5.74) is 17.2. The summed E-state index contributed by atoms with van der Waals surface area (Å²) in [6.07, 6.45) is 0. The Morgan fingerprint density at radius 3 is 0.640 bits per heavy atom. The molecule has 0 radical (unpaired) electrons. The first-order chi connectivity index (χ1) is 43.9. The van der Waals surface area contributed by atoms with Gasteiger partial charge < -0.3 is 115 Å². The molecule has 1 aromatic rings. The fourth-order valence-electron chi connectivity index (χ4n) is 5.73. The quantitative estimate of drug-likeness (QED) is 0.0274. The maximum atomic E-state index is 12.0. The number of hydrogen-bond donors (Lipinski definition) is 3. The molecule has 1 rings (SSSR count). The molecular weight excluding hydrogens is 1210 g/mol. The van der Waals surface area contributed by atoms with Gasteiger partial charge in [0.15, 0.2) is 0 Å². The summed E-state index contributed by atoms with van der Waals surface area (Å²) in [5, 5.41) is 32.2. The molecule has 524 valence electrons. The predicted molar refractivity (Wildman–Crippen MR) is 321 cm³/mol. The van der Waals surface area contributed by atoms with Crippen LogP contribution >= 0.6 is 0 Å². The van der Waals surface area contributed by atoms with E-state index in [2.05, 4.69) is 20.1 Å². The first-order valence-electron chi connectivity index (χ1n) is 29.8. The molecule has 0 saturated carbocycles. The van der Waals surface area contributed by atoms with Gasteiger partial charge in [0.2, 0.25) is 0 Å². The lowest BCUT2D eigenvalue weighted by atomic mass is 10.2. The number of rotatable bonds is 71. The molecule has 34 heteroatoms. The molecule has 0 fully saturated rings. The first kappa shape index (κ1) is 87.8. The summed E-state index contributed by atoms with van der Waals surface area (Å²) >= 11 is 0. The van der Waals surface area contributed by atoms with Crippen molar-refractivity contribution in [1.82, 2.24) is 0 Å². The van der Waals surface area contributed by atoms with Gasteiger partial charge in [0.1, 0.15) is 0 Å². The van der Waals surface area contributed by atoms with E-state index in [9.17, 15) is 8.42 Å². The first-order valence-corrected chi connectivity index (χ1v) is 31.2. The molecule has 89 heavy (non-hydrogen) atoms. The van der Waals surface area contributed by atoms with Crippen LogP contribution < -0.4 is 0 Å². The summed E-state index contributed by atoms with van der Waals surface area (Å²) in [5.74, 6) is 0. The van der Waals surface area contributed by atoms with Crippen molar-refractivity contribution in [2.45, 2.75) is 11.8 Å². The van der Waals surface area contributed by atoms with E-state index in [1.165, 1.54) is 12.1 Å². The lowest BCUT2D eigenvalue weighted by molar-refractivity contribution is -0.0277. The molecule has 0 bridgehead atoms. The van der Waals surface area contributed by atoms with E-state index in [1.54, 1.807) is 12.1 Å². The summed E-state index contributed by atoms with van der Waals surface area (Å²) in [6, 6.07) is 6.46. The monoisotopic (exact) mass is 1310 g/mol. The van der Waals surface area contributed by atoms with E-state index in [0.29, 0.717) is 284 Å².